The maximum absolute atomic E-state index is 2.35. The summed E-state index contributed by atoms with van der Waals surface area (Å²) >= 11 is 0. The van der Waals surface area contributed by atoms with Gasteiger partial charge >= 0.3 is 0 Å². The number of para-hydroxylation sites is 1. The second-order valence-corrected chi connectivity index (χ2v) is 7.50. The Morgan fingerprint density at radius 1 is 1.00 bits per heavy atom. The molecule has 23 heavy (non-hydrogen) atoms. The molecule has 120 valence electrons. The molecule has 0 N–H and O–H groups in total. The lowest BCUT2D eigenvalue weighted by atomic mass is 9.98. The zero-order valence-electron chi connectivity index (χ0n) is 14.9. The zero-order valence-corrected chi connectivity index (χ0v) is 14.9. The van der Waals surface area contributed by atoms with Crippen molar-refractivity contribution < 1.29 is 0 Å². The highest BCUT2D eigenvalue weighted by Gasteiger charge is 2.48. The normalized spacial score (nSPS) is 22.3. The van der Waals surface area contributed by atoms with Gasteiger partial charge < -0.3 is 4.90 Å². The van der Waals surface area contributed by atoms with Crippen LogP contribution in [0.4, 0.5) is 11.4 Å². The number of hydrogen-bond donors (Lipinski definition) is 0. The van der Waals surface area contributed by atoms with E-state index in [2.05, 4.69) is 101 Å². The number of hydrogen-bond acceptors (Lipinski definition) is 1. The summed E-state index contributed by atoms with van der Waals surface area (Å²) in [5.41, 5.74) is 5.53. The lowest BCUT2D eigenvalue weighted by Crippen LogP contribution is -2.53. The fourth-order valence-electron chi connectivity index (χ4n) is 3.47. The molecule has 0 aliphatic carbocycles. The molecule has 3 rings (SSSR count). The van der Waals surface area contributed by atoms with Gasteiger partial charge in [-0.15, -0.1) is 0 Å². The second kappa shape index (κ2) is 5.54. The maximum Gasteiger partial charge on any atom is 0.141 e. The van der Waals surface area contributed by atoms with E-state index in [-0.39, 0.29) is 5.54 Å². The Balaban J connectivity index is 1.94. The zero-order chi connectivity index (χ0) is 16.7. The van der Waals surface area contributed by atoms with Gasteiger partial charge in [-0.3, -0.25) is 4.48 Å². The van der Waals surface area contributed by atoms with Crippen molar-refractivity contribution in [2.75, 3.05) is 26.0 Å². The molecule has 0 saturated heterocycles. The molecule has 1 atom stereocenters. The summed E-state index contributed by atoms with van der Waals surface area (Å²) in [4.78, 5) is 2.13. The standard InChI is InChI=1S/C21H27N2/c1-21(2)16-18-8-6-7-9-20(18)23(21,5)15-14-17-10-12-19(13-11-17)22(3)4/h6-15H,16H2,1-5H3/q+1/b15-14+. The number of likely N-dealkylation sites (N-methyl/N-ethyl adjacent to an activating group) is 1. The summed E-state index contributed by atoms with van der Waals surface area (Å²) in [5, 5.41) is 0. The molecule has 0 spiro atoms. The molecule has 0 fully saturated rings. The number of benzene rings is 2. The van der Waals surface area contributed by atoms with Gasteiger partial charge in [-0.2, -0.15) is 0 Å². The fraction of sp³-hybridized carbons (Fsp3) is 0.333. The third-order valence-electron chi connectivity index (χ3n) is 5.35. The molecule has 0 bridgehead atoms. The molecule has 2 heteroatoms. The fourth-order valence-corrected chi connectivity index (χ4v) is 3.47. The van der Waals surface area contributed by atoms with Crippen LogP contribution in [0, 0.1) is 0 Å². The Labute approximate surface area is 140 Å². The van der Waals surface area contributed by atoms with Gasteiger partial charge in [-0.25, -0.2) is 0 Å². The van der Waals surface area contributed by atoms with Crippen molar-refractivity contribution in [1.82, 2.24) is 4.48 Å². The molecule has 2 aromatic rings. The topological polar surface area (TPSA) is 3.24 Å². The predicted molar refractivity (Wildman–Crippen MR) is 102 cm³/mol. The third-order valence-corrected chi connectivity index (χ3v) is 5.35. The van der Waals surface area contributed by atoms with Crippen LogP contribution in [0.1, 0.15) is 25.0 Å². The molecule has 0 radical (unpaired) electrons. The summed E-state index contributed by atoms with van der Waals surface area (Å²) in [7, 11) is 6.46. The van der Waals surface area contributed by atoms with E-state index in [1.54, 1.807) is 0 Å². The van der Waals surface area contributed by atoms with Crippen LogP contribution in [0.15, 0.2) is 54.7 Å². The van der Waals surface area contributed by atoms with E-state index in [0.29, 0.717) is 0 Å². The molecular formula is C21H27N2+. The van der Waals surface area contributed by atoms with Gasteiger partial charge in [0.25, 0.3) is 0 Å². The highest BCUT2D eigenvalue weighted by Crippen LogP contribution is 2.44. The lowest BCUT2D eigenvalue weighted by Gasteiger charge is -2.38. The predicted octanol–water partition coefficient (Wildman–Crippen LogP) is 4.70. The first kappa shape index (κ1) is 15.8. The van der Waals surface area contributed by atoms with Crippen molar-refractivity contribution in [1.29, 1.82) is 0 Å². The van der Waals surface area contributed by atoms with Crippen molar-refractivity contribution in [3.8, 4) is 0 Å². The third kappa shape index (κ3) is 2.68. The van der Waals surface area contributed by atoms with Gasteiger partial charge in [0.15, 0.2) is 0 Å². The van der Waals surface area contributed by atoms with E-state index in [4.69, 9.17) is 0 Å². The monoisotopic (exact) mass is 307 g/mol. The molecule has 1 aliphatic rings. The molecule has 0 aromatic heterocycles. The first-order valence-electron chi connectivity index (χ1n) is 8.25. The Kier molecular flexibility index (Phi) is 3.81. The first-order chi connectivity index (χ1) is 10.8. The number of fused-ring (bicyclic) bond motifs is 1. The minimum atomic E-state index is 0.170. The SMILES string of the molecule is CN(C)c1ccc(/C=C/[N+]2(C)c3ccccc3CC2(C)C)cc1. The molecular weight excluding hydrogens is 280 g/mol. The largest absolute Gasteiger partial charge is 0.378 e. The quantitative estimate of drug-likeness (QED) is 0.743. The smallest absolute Gasteiger partial charge is 0.141 e. The highest BCUT2D eigenvalue weighted by molar-refractivity contribution is 5.63. The summed E-state index contributed by atoms with van der Waals surface area (Å²) in [6.07, 6.45) is 5.71. The van der Waals surface area contributed by atoms with E-state index in [9.17, 15) is 0 Å². The van der Waals surface area contributed by atoms with Crippen molar-refractivity contribution in [3.05, 3.63) is 65.9 Å². The van der Waals surface area contributed by atoms with Crippen LogP contribution in [0.3, 0.4) is 0 Å². The molecule has 0 amide bonds. The van der Waals surface area contributed by atoms with Crippen LogP contribution < -0.4 is 9.38 Å². The highest BCUT2D eigenvalue weighted by atomic mass is 15.4. The van der Waals surface area contributed by atoms with Crippen LogP contribution in [-0.4, -0.2) is 26.7 Å². The number of rotatable bonds is 3. The van der Waals surface area contributed by atoms with E-state index >= 15 is 0 Å². The summed E-state index contributed by atoms with van der Waals surface area (Å²) in [6.45, 7) is 4.71. The van der Waals surface area contributed by atoms with E-state index in [1.165, 1.54) is 22.5 Å². The Bertz CT molecular complexity index is 726. The molecule has 1 aliphatic heterocycles. The van der Waals surface area contributed by atoms with Gasteiger partial charge in [0.2, 0.25) is 0 Å². The summed E-state index contributed by atoms with van der Waals surface area (Å²) in [5.74, 6) is 0. The van der Waals surface area contributed by atoms with Crippen molar-refractivity contribution >= 4 is 17.5 Å². The van der Waals surface area contributed by atoms with E-state index < -0.39 is 0 Å². The van der Waals surface area contributed by atoms with Crippen LogP contribution in [0.25, 0.3) is 6.08 Å². The van der Waals surface area contributed by atoms with Crippen LogP contribution in [-0.2, 0) is 6.42 Å². The second-order valence-electron chi connectivity index (χ2n) is 7.50. The number of nitrogens with zero attached hydrogens (tertiary/aromatic N) is 2. The average Bonchev–Trinajstić information content (AvgIpc) is 2.73. The molecule has 2 nitrogen and oxygen atoms in total. The molecule has 0 saturated carbocycles. The lowest BCUT2D eigenvalue weighted by molar-refractivity contribution is 0.252. The Hall–Kier alpha value is -2.06. The van der Waals surface area contributed by atoms with E-state index in [0.717, 1.165) is 10.9 Å². The van der Waals surface area contributed by atoms with Gasteiger partial charge in [-0.05, 0) is 43.7 Å². The van der Waals surface area contributed by atoms with Crippen LogP contribution >= 0.6 is 0 Å². The number of anilines is 1. The van der Waals surface area contributed by atoms with Gasteiger partial charge in [0, 0.05) is 31.8 Å². The Morgan fingerprint density at radius 2 is 1.65 bits per heavy atom. The van der Waals surface area contributed by atoms with Crippen molar-refractivity contribution in [2.24, 2.45) is 0 Å². The minimum absolute atomic E-state index is 0.170. The van der Waals surface area contributed by atoms with E-state index in [1.807, 2.05) is 0 Å². The molecule has 1 heterocycles. The van der Waals surface area contributed by atoms with Crippen LogP contribution in [0.2, 0.25) is 0 Å². The molecule has 1 unspecified atom stereocenters. The summed E-state index contributed by atoms with van der Waals surface area (Å²) in [6, 6.07) is 17.5. The van der Waals surface area contributed by atoms with Gasteiger partial charge in [-0.1, -0.05) is 30.3 Å². The Morgan fingerprint density at radius 3 is 2.30 bits per heavy atom. The van der Waals surface area contributed by atoms with Gasteiger partial charge in [0.1, 0.15) is 17.4 Å². The average molecular weight is 307 g/mol. The van der Waals surface area contributed by atoms with Crippen LogP contribution in [0.5, 0.6) is 0 Å². The minimum Gasteiger partial charge on any atom is -0.378 e. The van der Waals surface area contributed by atoms with Gasteiger partial charge in [0.05, 0.1) is 7.05 Å². The van der Waals surface area contributed by atoms with Crippen molar-refractivity contribution in [3.63, 3.8) is 0 Å². The number of quaternary nitrogens is 1. The molecule has 2 aromatic carbocycles. The maximum atomic E-state index is 2.35. The first-order valence-corrected chi connectivity index (χ1v) is 8.25. The summed E-state index contributed by atoms with van der Waals surface area (Å²) < 4.78 is 0.846. The van der Waals surface area contributed by atoms with Crippen molar-refractivity contribution in [2.45, 2.75) is 25.8 Å².